The second kappa shape index (κ2) is 7.12. The zero-order valence-electron chi connectivity index (χ0n) is 13.4. The number of hydrogen-bond acceptors (Lipinski definition) is 2. The summed E-state index contributed by atoms with van der Waals surface area (Å²) in [6, 6.07) is 19.5. The number of carbonyl (C=O) groups excluding carboxylic acids is 1. The van der Waals surface area contributed by atoms with Gasteiger partial charge in [-0.25, -0.2) is 0 Å². The predicted molar refractivity (Wildman–Crippen MR) is 88.9 cm³/mol. The lowest BCUT2D eigenvalue weighted by Crippen LogP contribution is -2.49. The lowest BCUT2D eigenvalue weighted by Gasteiger charge is -2.28. The molecule has 2 aromatic rings. The molecule has 0 fully saturated rings. The largest absolute Gasteiger partial charge is 0.481 e. The maximum absolute atomic E-state index is 12.3. The molecule has 0 radical (unpaired) electrons. The van der Waals surface area contributed by atoms with E-state index in [0.29, 0.717) is 5.75 Å². The summed E-state index contributed by atoms with van der Waals surface area (Å²) < 4.78 is 5.66. The van der Waals surface area contributed by atoms with E-state index in [0.717, 1.165) is 6.42 Å². The van der Waals surface area contributed by atoms with E-state index >= 15 is 0 Å². The highest BCUT2D eigenvalue weighted by atomic mass is 16.5. The quantitative estimate of drug-likeness (QED) is 0.885. The van der Waals surface area contributed by atoms with Crippen LogP contribution in [0.4, 0.5) is 0 Å². The first-order valence-corrected chi connectivity index (χ1v) is 7.54. The SMILES string of the molecule is C[C@@H](Oc1ccccc1)C(=O)NC(C)(C)Cc1ccccc1. The normalized spacial score (nSPS) is 12.5. The summed E-state index contributed by atoms with van der Waals surface area (Å²) in [5.41, 5.74) is 0.872. The number of carbonyl (C=O) groups is 1. The zero-order valence-corrected chi connectivity index (χ0v) is 13.4. The van der Waals surface area contributed by atoms with Gasteiger partial charge in [-0.15, -0.1) is 0 Å². The molecule has 0 saturated carbocycles. The highest BCUT2D eigenvalue weighted by Crippen LogP contribution is 2.14. The van der Waals surface area contributed by atoms with Crippen LogP contribution < -0.4 is 10.1 Å². The van der Waals surface area contributed by atoms with Crippen molar-refractivity contribution in [2.24, 2.45) is 0 Å². The Morgan fingerprint density at radius 1 is 1.05 bits per heavy atom. The van der Waals surface area contributed by atoms with Gasteiger partial charge in [-0.2, -0.15) is 0 Å². The van der Waals surface area contributed by atoms with Gasteiger partial charge in [0.25, 0.3) is 5.91 Å². The van der Waals surface area contributed by atoms with Crippen molar-refractivity contribution in [1.82, 2.24) is 5.32 Å². The summed E-state index contributed by atoms with van der Waals surface area (Å²) in [5, 5.41) is 3.06. The van der Waals surface area contributed by atoms with Crippen molar-refractivity contribution in [3.05, 3.63) is 66.2 Å². The van der Waals surface area contributed by atoms with Crippen LogP contribution in [0.3, 0.4) is 0 Å². The molecule has 3 heteroatoms. The molecule has 22 heavy (non-hydrogen) atoms. The maximum atomic E-state index is 12.3. The van der Waals surface area contributed by atoms with Crippen LogP contribution in [0.2, 0.25) is 0 Å². The van der Waals surface area contributed by atoms with Crippen LogP contribution in [0.15, 0.2) is 60.7 Å². The van der Waals surface area contributed by atoms with Crippen molar-refractivity contribution in [2.45, 2.75) is 38.8 Å². The highest BCUT2D eigenvalue weighted by molar-refractivity contribution is 5.81. The topological polar surface area (TPSA) is 38.3 Å². The van der Waals surface area contributed by atoms with Crippen molar-refractivity contribution in [3.63, 3.8) is 0 Å². The molecule has 1 atom stereocenters. The van der Waals surface area contributed by atoms with E-state index in [-0.39, 0.29) is 11.4 Å². The van der Waals surface area contributed by atoms with Crippen molar-refractivity contribution >= 4 is 5.91 Å². The van der Waals surface area contributed by atoms with Crippen LogP contribution in [-0.4, -0.2) is 17.6 Å². The number of nitrogens with one attached hydrogen (secondary N) is 1. The van der Waals surface area contributed by atoms with E-state index in [2.05, 4.69) is 17.4 Å². The van der Waals surface area contributed by atoms with E-state index < -0.39 is 6.10 Å². The second-order valence-electron chi connectivity index (χ2n) is 6.11. The fourth-order valence-electron chi connectivity index (χ4n) is 2.34. The third-order valence-electron chi connectivity index (χ3n) is 3.38. The molecule has 0 saturated heterocycles. The standard InChI is InChI=1S/C19H23NO2/c1-15(22-17-12-8-5-9-13-17)18(21)20-19(2,3)14-16-10-6-4-7-11-16/h4-13,15H,14H2,1-3H3,(H,20,21)/t15-/m1/s1. The molecule has 0 aliphatic rings. The Bertz CT molecular complexity index is 593. The van der Waals surface area contributed by atoms with Gasteiger partial charge in [0, 0.05) is 5.54 Å². The Balaban J connectivity index is 1.92. The highest BCUT2D eigenvalue weighted by Gasteiger charge is 2.24. The lowest BCUT2D eigenvalue weighted by molar-refractivity contribution is -0.128. The van der Waals surface area contributed by atoms with Crippen molar-refractivity contribution < 1.29 is 9.53 Å². The van der Waals surface area contributed by atoms with Gasteiger partial charge in [0.2, 0.25) is 0 Å². The molecule has 0 bridgehead atoms. The van der Waals surface area contributed by atoms with Crippen LogP contribution in [0, 0.1) is 0 Å². The van der Waals surface area contributed by atoms with Gasteiger partial charge in [0.05, 0.1) is 0 Å². The first-order valence-electron chi connectivity index (χ1n) is 7.54. The third-order valence-corrected chi connectivity index (χ3v) is 3.38. The molecule has 0 aliphatic carbocycles. The number of benzene rings is 2. The number of para-hydroxylation sites is 1. The molecule has 2 aromatic carbocycles. The molecule has 3 nitrogen and oxygen atoms in total. The molecule has 0 unspecified atom stereocenters. The van der Waals surface area contributed by atoms with Crippen LogP contribution in [0.5, 0.6) is 5.75 Å². The number of amides is 1. The first-order chi connectivity index (χ1) is 10.5. The molecule has 116 valence electrons. The average molecular weight is 297 g/mol. The Labute approximate surface area is 132 Å². The zero-order chi connectivity index (χ0) is 16.0. The van der Waals surface area contributed by atoms with Crippen molar-refractivity contribution in [1.29, 1.82) is 0 Å². The molecular formula is C19H23NO2. The summed E-state index contributed by atoms with van der Waals surface area (Å²) >= 11 is 0. The van der Waals surface area contributed by atoms with E-state index in [4.69, 9.17) is 4.74 Å². The summed E-state index contributed by atoms with van der Waals surface area (Å²) in [6.45, 7) is 5.81. The van der Waals surface area contributed by atoms with Gasteiger partial charge in [0.1, 0.15) is 5.75 Å². The predicted octanol–water partition coefficient (Wildman–Crippen LogP) is 3.59. The smallest absolute Gasteiger partial charge is 0.261 e. The summed E-state index contributed by atoms with van der Waals surface area (Å²) in [6.07, 6.45) is 0.245. The van der Waals surface area contributed by atoms with Gasteiger partial charge in [0.15, 0.2) is 6.10 Å². The van der Waals surface area contributed by atoms with E-state index in [1.165, 1.54) is 5.56 Å². The van der Waals surface area contributed by atoms with Crippen LogP contribution >= 0.6 is 0 Å². The Hall–Kier alpha value is -2.29. The number of rotatable bonds is 6. The molecule has 0 spiro atoms. The molecule has 0 aromatic heterocycles. The third kappa shape index (κ3) is 4.92. The van der Waals surface area contributed by atoms with Gasteiger partial charge in [-0.1, -0.05) is 48.5 Å². The molecular weight excluding hydrogens is 274 g/mol. The fourth-order valence-corrected chi connectivity index (χ4v) is 2.34. The van der Waals surface area contributed by atoms with Gasteiger partial charge >= 0.3 is 0 Å². The van der Waals surface area contributed by atoms with Crippen LogP contribution in [0.25, 0.3) is 0 Å². The molecule has 2 rings (SSSR count). The summed E-state index contributed by atoms with van der Waals surface area (Å²) in [4.78, 5) is 12.3. The average Bonchev–Trinajstić information content (AvgIpc) is 2.48. The van der Waals surface area contributed by atoms with Crippen molar-refractivity contribution in [3.8, 4) is 5.75 Å². The monoisotopic (exact) mass is 297 g/mol. The summed E-state index contributed by atoms with van der Waals surface area (Å²) in [7, 11) is 0. The molecule has 0 aliphatic heterocycles. The van der Waals surface area contributed by atoms with Gasteiger partial charge in [-0.05, 0) is 44.9 Å². The van der Waals surface area contributed by atoms with Crippen molar-refractivity contribution in [2.75, 3.05) is 0 Å². The number of ether oxygens (including phenoxy) is 1. The van der Waals surface area contributed by atoms with Crippen LogP contribution in [-0.2, 0) is 11.2 Å². The van der Waals surface area contributed by atoms with Crippen LogP contribution in [0.1, 0.15) is 26.3 Å². The Morgan fingerprint density at radius 2 is 1.59 bits per heavy atom. The first kappa shape index (κ1) is 16.1. The Morgan fingerprint density at radius 3 is 2.18 bits per heavy atom. The second-order valence-corrected chi connectivity index (χ2v) is 6.11. The minimum Gasteiger partial charge on any atom is -0.481 e. The number of hydrogen-bond donors (Lipinski definition) is 1. The van der Waals surface area contributed by atoms with Gasteiger partial charge < -0.3 is 10.1 Å². The minimum atomic E-state index is -0.530. The summed E-state index contributed by atoms with van der Waals surface area (Å²) in [5.74, 6) is 0.593. The molecule has 0 heterocycles. The van der Waals surface area contributed by atoms with E-state index in [1.807, 2.05) is 62.4 Å². The van der Waals surface area contributed by atoms with E-state index in [9.17, 15) is 4.79 Å². The fraction of sp³-hybridized carbons (Fsp3) is 0.316. The maximum Gasteiger partial charge on any atom is 0.261 e. The van der Waals surface area contributed by atoms with E-state index in [1.54, 1.807) is 6.92 Å². The van der Waals surface area contributed by atoms with Gasteiger partial charge in [-0.3, -0.25) is 4.79 Å². The lowest BCUT2D eigenvalue weighted by atomic mass is 9.94. The Kier molecular flexibility index (Phi) is 5.21. The minimum absolute atomic E-state index is 0.107. The molecule has 1 N–H and O–H groups in total. The molecule has 1 amide bonds.